The van der Waals surface area contributed by atoms with E-state index >= 15 is 0 Å². The molecule has 4 nitrogen and oxygen atoms in total. The Morgan fingerprint density at radius 2 is 1.95 bits per heavy atom. The Hall–Kier alpha value is -0.910. The Morgan fingerprint density at radius 3 is 2.65 bits per heavy atom. The standard InChI is InChI=1S/C15H24N2O2S/c1-20(18,19)15-7-4-6-14(13-15)5-2-3-10-17-11-8-16-9-12-17/h4,6-7,13,16H,2-3,5,8-12H2,1H3. The molecule has 0 aromatic heterocycles. The van der Waals surface area contributed by atoms with Crippen molar-refractivity contribution in [3.63, 3.8) is 0 Å². The van der Waals surface area contributed by atoms with Crippen molar-refractivity contribution in [3.05, 3.63) is 29.8 Å². The smallest absolute Gasteiger partial charge is 0.175 e. The van der Waals surface area contributed by atoms with Crippen LogP contribution in [0, 0.1) is 0 Å². The van der Waals surface area contributed by atoms with Crippen LogP contribution >= 0.6 is 0 Å². The van der Waals surface area contributed by atoms with E-state index in [1.165, 1.54) is 12.7 Å². The molecule has 1 heterocycles. The molecule has 0 radical (unpaired) electrons. The number of piperazine rings is 1. The van der Waals surface area contributed by atoms with Crippen LogP contribution in [0.15, 0.2) is 29.2 Å². The van der Waals surface area contributed by atoms with E-state index in [1.54, 1.807) is 12.1 Å². The molecule has 0 atom stereocenters. The second-order valence-corrected chi connectivity index (χ2v) is 7.48. The predicted octanol–water partition coefficient (Wildman–Crippen LogP) is 1.32. The van der Waals surface area contributed by atoms with Crippen molar-refractivity contribution < 1.29 is 8.42 Å². The van der Waals surface area contributed by atoms with E-state index in [2.05, 4.69) is 10.2 Å². The Kier molecular flexibility index (Phi) is 5.57. The van der Waals surface area contributed by atoms with Gasteiger partial charge in [0.15, 0.2) is 9.84 Å². The van der Waals surface area contributed by atoms with Gasteiger partial charge in [0.25, 0.3) is 0 Å². The maximum atomic E-state index is 11.5. The van der Waals surface area contributed by atoms with Gasteiger partial charge in [-0.2, -0.15) is 0 Å². The summed E-state index contributed by atoms with van der Waals surface area (Å²) in [5.74, 6) is 0. The lowest BCUT2D eigenvalue weighted by atomic mass is 10.1. The summed E-state index contributed by atoms with van der Waals surface area (Å²) in [6.07, 6.45) is 4.49. The first-order chi connectivity index (χ1) is 9.55. The van der Waals surface area contributed by atoms with E-state index < -0.39 is 9.84 Å². The van der Waals surface area contributed by atoms with Crippen molar-refractivity contribution in [2.24, 2.45) is 0 Å². The van der Waals surface area contributed by atoms with Gasteiger partial charge in [0.05, 0.1) is 4.90 Å². The Morgan fingerprint density at radius 1 is 1.20 bits per heavy atom. The zero-order chi connectivity index (χ0) is 14.4. The summed E-state index contributed by atoms with van der Waals surface area (Å²) in [5, 5.41) is 3.35. The SMILES string of the molecule is CS(=O)(=O)c1cccc(CCCCN2CCNCC2)c1. The molecule has 1 aliphatic heterocycles. The molecule has 1 aromatic carbocycles. The first-order valence-electron chi connectivity index (χ1n) is 7.28. The number of unbranched alkanes of at least 4 members (excludes halogenated alkanes) is 1. The molecule has 112 valence electrons. The molecule has 5 heteroatoms. The fourth-order valence-electron chi connectivity index (χ4n) is 2.53. The quantitative estimate of drug-likeness (QED) is 0.804. The van der Waals surface area contributed by atoms with Crippen molar-refractivity contribution in [1.29, 1.82) is 0 Å². The van der Waals surface area contributed by atoms with E-state index in [0.29, 0.717) is 4.90 Å². The van der Waals surface area contributed by atoms with Crippen LogP contribution in [0.25, 0.3) is 0 Å². The zero-order valence-electron chi connectivity index (χ0n) is 12.1. The minimum atomic E-state index is -3.09. The van der Waals surface area contributed by atoms with Crippen LogP contribution in [0.2, 0.25) is 0 Å². The molecule has 0 spiro atoms. The topological polar surface area (TPSA) is 49.4 Å². The lowest BCUT2D eigenvalue weighted by molar-refractivity contribution is 0.237. The lowest BCUT2D eigenvalue weighted by Crippen LogP contribution is -2.43. The molecule has 1 fully saturated rings. The van der Waals surface area contributed by atoms with Gasteiger partial charge in [-0.05, 0) is 43.5 Å². The highest BCUT2D eigenvalue weighted by Crippen LogP contribution is 2.13. The number of sulfone groups is 1. The molecule has 1 saturated heterocycles. The van der Waals surface area contributed by atoms with Gasteiger partial charge < -0.3 is 10.2 Å². The van der Waals surface area contributed by atoms with Crippen LogP contribution in [-0.4, -0.2) is 52.3 Å². The molecule has 0 unspecified atom stereocenters. The van der Waals surface area contributed by atoms with Gasteiger partial charge in [0.2, 0.25) is 0 Å². The number of hydrogen-bond donors (Lipinski definition) is 1. The molecular formula is C15H24N2O2S. The fourth-order valence-corrected chi connectivity index (χ4v) is 3.22. The molecule has 1 N–H and O–H groups in total. The summed E-state index contributed by atoms with van der Waals surface area (Å²) in [6, 6.07) is 7.32. The highest BCUT2D eigenvalue weighted by atomic mass is 32.2. The molecule has 0 bridgehead atoms. The third-order valence-electron chi connectivity index (χ3n) is 3.73. The lowest BCUT2D eigenvalue weighted by Gasteiger charge is -2.27. The van der Waals surface area contributed by atoms with Crippen LogP contribution in [0.4, 0.5) is 0 Å². The Bertz CT molecular complexity index is 522. The van der Waals surface area contributed by atoms with Gasteiger partial charge in [0, 0.05) is 32.4 Å². The molecule has 0 amide bonds. The van der Waals surface area contributed by atoms with Gasteiger partial charge in [-0.25, -0.2) is 8.42 Å². The second-order valence-electron chi connectivity index (χ2n) is 5.47. The third-order valence-corrected chi connectivity index (χ3v) is 4.84. The molecule has 20 heavy (non-hydrogen) atoms. The van der Waals surface area contributed by atoms with Crippen molar-refractivity contribution >= 4 is 9.84 Å². The summed E-state index contributed by atoms with van der Waals surface area (Å²) < 4.78 is 23.0. The van der Waals surface area contributed by atoms with Gasteiger partial charge in [-0.3, -0.25) is 0 Å². The number of hydrogen-bond acceptors (Lipinski definition) is 4. The van der Waals surface area contributed by atoms with Crippen molar-refractivity contribution in [2.75, 3.05) is 39.0 Å². The van der Waals surface area contributed by atoms with E-state index in [1.807, 2.05) is 12.1 Å². The molecule has 0 saturated carbocycles. The summed E-state index contributed by atoms with van der Waals surface area (Å²) in [6.45, 7) is 5.62. The van der Waals surface area contributed by atoms with Gasteiger partial charge in [-0.1, -0.05) is 12.1 Å². The predicted molar refractivity (Wildman–Crippen MR) is 81.8 cm³/mol. The van der Waals surface area contributed by atoms with Crippen molar-refractivity contribution in [2.45, 2.75) is 24.2 Å². The fraction of sp³-hybridized carbons (Fsp3) is 0.600. The minimum absolute atomic E-state index is 0.428. The summed E-state index contributed by atoms with van der Waals surface area (Å²) in [5.41, 5.74) is 1.12. The molecule has 1 aliphatic rings. The molecule has 2 rings (SSSR count). The maximum Gasteiger partial charge on any atom is 0.175 e. The van der Waals surface area contributed by atoms with Gasteiger partial charge in [0.1, 0.15) is 0 Å². The Balaban J connectivity index is 1.76. The number of benzene rings is 1. The first-order valence-corrected chi connectivity index (χ1v) is 9.17. The summed E-state index contributed by atoms with van der Waals surface area (Å²) >= 11 is 0. The minimum Gasteiger partial charge on any atom is -0.314 e. The largest absolute Gasteiger partial charge is 0.314 e. The van der Waals surface area contributed by atoms with Gasteiger partial charge in [-0.15, -0.1) is 0 Å². The average molecular weight is 296 g/mol. The number of nitrogens with one attached hydrogen (secondary N) is 1. The summed E-state index contributed by atoms with van der Waals surface area (Å²) in [4.78, 5) is 2.92. The molecule has 1 aromatic rings. The third kappa shape index (κ3) is 4.89. The number of rotatable bonds is 6. The van der Waals surface area contributed by atoms with Crippen LogP contribution in [0.3, 0.4) is 0 Å². The maximum absolute atomic E-state index is 11.5. The van der Waals surface area contributed by atoms with E-state index in [-0.39, 0.29) is 0 Å². The number of nitrogens with zero attached hydrogens (tertiary/aromatic N) is 1. The second kappa shape index (κ2) is 7.20. The highest BCUT2D eigenvalue weighted by Gasteiger charge is 2.09. The van der Waals surface area contributed by atoms with Gasteiger partial charge >= 0.3 is 0 Å². The summed E-state index contributed by atoms with van der Waals surface area (Å²) in [7, 11) is -3.09. The van der Waals surface area contributed by atoms with Crippen molar-refractivity contribution in [3.8, 4) is 0 Å². The van der Waals surface area contributed by atoms with E-state index in [0.717, 1.165) is 51.1 Å². The average Bonchev–Trinajstić information content (AvgIpc) is 2.44. The monoisotopic (exact) mass is 296 g/mol. The highest BCUT2D eigenvalue weighted by molar-refractivity contribution is 7.90. The van der Waals surface area contributed by atoms with E-state index in [9.17, 15) is 8.42 Å². The van der Waals surface area contributed by atoms with Crippen LogP contribution < -0.4 is 5.32 Å². The molecular weight excluding hydrogens is 272 g/mol. The van der Waals surface area contributed by atoms with Crippen LogP contribution in [0.1, 0.15) is 18.4 Å². The van der Waals surface area contributed by atoms with Crippen LogP contribution in [-0.2, 0) is 16.3 Å². The van der Waals surface area contributed by atoms with Crippen LogP contribution in [0.5, 0.6) is 0 Å². The Labute approximate surface area is 122 Å². The van der Waals surface area contributed by atoms with E-state index in [4.69, 9.17) is 0 Å². The normalized spacial score (nSPS) is 17.2. The zero-order valence-corrected chi connectivity index (χ0v) is 13.0. The molecule has 0 aliphatic carbocycles. The first kappa shape index (κ1) is 15.5. The number of aryl methyl sites for hydroxylation is 1. The van der Waals surface area contributed by atoms with Crippen molar-refractivity contribution in [1.82, 2.24) is 10.2 Å².